The van der Waals surface area contributed by atoms with E-state index in [0.29, 0.717) is 0 Å². The van der Waals surface area contributed by atoms with Gasteiger partial charge >= 0.3 is 0 Å². The Balaban J connectivity index is 1.07. The van der Waals surface area contributed by atoms with Gasteiger partial charge in [-0.15, -0.1) is 11.3 Å². The van der Waals surface area contributed by atoms with Crippen molar-refractivity contribution in [3.05, 3.63) is 186 Å². The quantitative estimate of drug-likeness (QED) is 0.176. The number of hydrogen-bond acceptors (Lipinski definition) is 2. The van der Waals surface area contributed by atoms with E-state index in [1.807, 2.05) is 11.3 Å². The minimum atomic E-state index is -0.0870. The highest BCUT2D eigenvalue weighted by Crippen LogP contribution is 2.55. The lowest BCUT2D eigenvalue weighted by Crippen LogP contribution is -2.16. The van der Waals surface area contributed by atoms with Crippen LogP contribution >= 0.6 is 11.3 Å². The second-order valence-corrected chi connectivity index (χ2v) is 17.2. The van der Waals surface area contributed by atoms with Gasteiger partial charge in [0.25, 0.3) is 0 Å². The van der Waals surface area contributed by atoms with E-state index in [9.17, 15) is 0 Å². The van der Waals surface area contributed by atoms with Crippen LogP contribution in [-0.4, -0.2) is 0 Å². The number of nitrogens with zero attached hydrogens (tertiary/aromatic N) is 1. The van der Waals surface area contributed by atoms with Crippen LogP contribution in [0.5, 0.6) is 0 Å². The average molecular weight is 710 g/mol. The van der Waals surface area contributed by atoms with E-state index in [4.69, 9.17) is 0 Å². The number of hydrogen-bond donors (Lipinski definition) is 0. The van der Waals surface area contributed by atoms with Crippen molar-refractivity contribution in [2.45, 2.75) is 38.5 Å². The highest BCUT2D eigenvalue weighted by Gasteiger charge is 2.39. The molecule has 0 radical (unpaired) electrons. The summed E-state index contributed by atoms with van der Waals surface area (Å²) >= 11 is 1.89. The third-order valence-electron chi connectivity index (χ3n) is 12.5. The fourth-order valence-electron chi connectivity index (χ4n) is 9.64. The Morgan fingerprint density at radius 3 is 1.80 bits per heavy atom. The molecule has 1 heterocycles. The first kappa shape index (κ1) is 31.6. The molecule has 0 saturated carbocycles. The normalized spacial score (nSPS) is 14.6. The first-order valence-corrected chi connectivity index (χ1v) is 19.8. The van der Waals surface area contributed by atoms with Crippen LogP contribution in [0.3, 0.4) is 0 Å². The summed E-state index contributed by atoms with van der Waals surface area (Å²) in [6, 6.07) is 61.5. The maximum Gasteiger partial charge on any atom is 0.0543 e. The molecule has 0 amide bonds. The number of benzene rings is 8. The van der Waals surface area contributed by atoms with Crippen molar-refractivity contribution in [1.29, 1.82) is 0 Å². The molecule has 54 heavy (non-hydrogen) atoms. The molecular formula is C52H39NS. The van der Waals surface area contributed by atoms with Crippen LogP contribution in [0.2, 0.25) is 0 Å². The summed E-state index contributed by atoms with van der Waals surface area (Å²) in [5.41, 5.74) is 16.7. The van der Waals surface area contributed by atoms with E-state index < -0.39 is 0 Å². The van der Waals surface area contributed by atoms with Gasteiger partial charge in [-0.1, -0.05) is 143 Å². The number of anilines is 3. The zero-order valence-corrected chi connectivity index (χ0v) is 31.8. The van der Waals surface area contributed by atoms with Crippen LogP contribution in [0.25, 0.3) is 64.3 Å². The molecule has 2 aliphatic rings. The standard InChI is InChI=1S/C52H39NS/c1-51(2)43-16-9-7-14-38(43)41-31-37(25-27-45(41)51)53(47-19-11-18-46-50(47)40-15-8-10-17-44(40)52(46,3)4)36-23-20-32(21-24-36)35-22-26-39-42-28-33-12-5-6-13-34(33)29-49(42)54-48(39)30-35/h5-31H,1-4H3. The summed E-state index contributed by atoms with van der Waals surface area (Å²) in [5.74, 6) is 0. The van der Waals surface area contributed by atoms with E-state index in [0.717, 1.165) is 5.69 Å². The number of fused-ring (bicyclic) bond motifs is 10. The lowest BCUT2D eigenvalue weighted by Gasteiger charge is -2.30. The molecule has 0 fully saturated rings. The van der Waals surface area contributed by atoms with Crippen LogP contribution in [-0.2, 0) is 10.8 Å². The molecule has 2 heteroatoms. The summed E-state index contributed by atoms with van der Waals surface area (Å²) < 4.78 is 2.67. The molecule has 8 aromatic carbocycles. The molecule has 0 bridgehead atoms. The molecule has 11 rings (SSSR count). The maximum absolute atomic E-state index is 2.49. The van der Waals surface area contributed by atoms with E-state index in [2.05, 4.69) is 196 Å². The van der Waals surface area contributed by atoms with Crippen LogP contribution in [0.15, 0.2) is 164 Å². The first-order chi connectivity index (χ1) is 26.3. The minimum absolute atomic E-state index is 0.0448. The van der Waals surface area contributed by atoms with Crippen molar-refractivity contribution in [2.24, 2.45) is 0 Å². The third-order valence-corrected chi connectivity index (χ3v) is 13.6. The molecule has 1 aromatic heterocycles. The van der Waals surface area contributed by atoms with Crippen LogP contribution in [0.1, 0.15) is 49.9 Å². The zero-order valence-electron chi connectivity index (χ0n) is 30.9. The SMILES string of the molecule is CC1(C)c2ccccc2-c2cc(N(c3ccc(-c4ccc5c(c4)sc4cc6ccccc6cc45)cc3)c3cccc4c3-c3ccccc3C4(C)C)ccc21. The molecule has 1 nitrogen and oxygen atoms in total. The fourth-order valence-corrected chi connectivity index (χ4v) is 10.8. The predicted octanol–water partition coefficient (Wildman–Crippen LogP) is 15.0. The molecule has 0 N–H and O–H groups in total. The van der Waals surface area contributed by atoms with Crippen molar-refractivity contribution in [3.63, 3.8) is 0 Å². The molecule has 258 valence electrons. The Bertz CT molecular complexity index is 3000. The van der Waals surface area contributed by atoms with Crippen molar-refractivity contribution in [1.82, 2.24) is 0 Å². The third kappa shape index (κ3) is 4.44. The molecule has 0 aliphatic heterocycles. The van der Waals surface area contributed by atoms with Crippen LogP contribution in [0.4, 0.5) is 17.1 Å². The Labute approximate surface area is 320 Å². The van der Waals surface area contributed by atoms with Gasteiger partial charge in [0.15, 0.2) is 0 Å². The summed E-state index contributed by atoms with van der Waals surface area (Å²) in [7, 11) is 0. The van der Waals surface area contributed by atoms with Crippen molar-refractivity contribution < 1.29 is 0 Å². The van der Waals surface area contributed by atoms with Crippen LogP contribution in [0, 0.1) is 0 Å². The summed E-state index contributed by atoms with van der Waals surface area (Å²) in [6.07, 6.45) is 0. The van der Waals surface area contributed by atoms with Gasteiger partial charge < -0.3 is 4.90 Å². The summed E-state index contributed by atoms with van der Waals surface area (Å²) in [4.78, 5) is 2.49. The largest absolute Gasteiger partial charge is 0.310 e. The second kappa shape index (κ2) is 11.3. The van der Waals surface area contributed by atoms with Crippen LogP contribution < -0.4 is 4.90 Å². The Morgan fingerprint density at radius 2 is 1.00 bits per heavy atom. The lowest BCUT2D eigenvalue weighted by molar-refractivity contribution is 0.660. The fraction of sp³-hybridized carbons (Fsp3) is 0.115. The van der Waals surface area contributed by atoms with Gasteiger partial charge in [0, 0.05) is 47.9 Å². The average Bonchev–Trinajstić information content (AvgIpc) is 3.76. The zero-order chi connectivity index (χ0) is 36.3. The predicted molar refractivity (Wildman–Crippen MR) is 232 cm³/mol. The molecule has 0 saturated heterocycles. The molecule has 9 aromatic rings. The number of thiophene rings is 1. The highest BCUT2D eigenvalue weighted by atomic mass is 32.1. The topological polar surface area (TPSA) is 3.24 Å². The van der Waals surface area contributed by atoms with E-state index in [1.165, 1.54) is 98.0 Å². The van der Waals surface area contributed by atoms with E-state index in [-0.39, 0.29) is 10.8 Å². The lowest BCUT2D eigenvalue weighted by atomic mass is 9.82. The van der Waals surface area contributed by atoms with Crippen molar-refractivity contribution in [3.8, 4) is 33.4 Å². The molecule has 0 spiro atoms. The monoisotopic (exact) mass is 709 g/mol. The van der Waals surface area contributed by atoms with Gasteiger partial charge in [0.05, 0.1) is 5.69 Å². The molecular weight excluding hydrogens is 671 g/mol. The van der Waals surface area contributed by atoms with Gasteiger partial charge in [-0.05, 0) is 109 Å². The van der Waals surface area contributed by atoms with Gasteiger partial charge in [-0.2, -0.15) is 0 Å². The van der Waals surface area contributed by atoms with Gasteiger partial charge in [-0.3, -0.25) is 0 Å². The van der Waals surface area contributed by atoms with Crippen molar-refractivity contribution in [2.75, 3.05) is 4.90 Å². The summed E-state index contributed by atoms with van der Waals surface area (Å²) in [6.45, 7) is 9.44. The Kier molecular flexibility index (Phi) is 6.59. The molecule has 0 atom stereocenters. The molecule has 2 aliphatic carbocycles. The van der Waals surface area contributed by atoms with E-state index in [1.54, 1.807) is 0 Å². The van der Waals surface area contributed by atoms with Crippen molar-refractivity contribution >= 4 is 59.3 Å². The highest BCUT2D eigenvalue weighted by molar-refractivity contribution is 7.25. The minimum Gasteiger partial charge on any atom is -0.310 e. The van der Waals surface area contributed by atoms with Gasteiger partial charge in [-0.25, -0.2) is 0 Å². The Hall–Kier alpha value is -5.96. The van der Waals surface area contributed by atoms with Gasteiger partial charge in [0.1, 0.15) is 0 Å². The van der Waals surface area contributed by atoms with Gasteiger partial charge in [0.2, 0.25) is 0 Å². The maximum atomic E-state index is 2.49. The smallest absolute Gasteiger partial charge is 0.0543 e. The summed E-state index contributed by atoms with van der Waals surface area (Å²) in [5, 5.41) is 5.26. The number of rotatable bonds is 4. The Morgan fingerprint density at radius 1 is 0.407 bits per heavy atom. The first-order valence-electron chi connectivity index (χ1n) is 19.0. The van der Waals surface area contributed by atoms with E-state index >= 15 is 0 Å². The second-order valence-electron chi connectivity index (χ2n) is 16.2. The molecule has 0 unspecified atom stereocenters.